The summed E-state index contributed by atoms with van der Waals surface area (Å²) in [6.07, 6.45) is 0.658. The van der Waals surface area contributed by atoms with Crippen LogP contribution in [0, 0.1) is 23.4 Å². The van der Waals surface area contributed by atoms with Crippen LogP contribution in [0.25, 0.3) is 0 Å². The van der Waals surface area contributed by atoms with Gasteiger partial charge in [-0.1, -0.05) is 12.1 Å². The Balaban J connectivity index is 1.61. The molecule has 1 aliphatic rings. The molecule has 0 atom stereocenters. The summed E-state index contributed by atoms with van der Waals surface area (Å²) in [7, 11) is -2.31. The summed E-state index contributed by atoms with van der Waals surface area (Å²) >= 11 is 0. The molecule has 0 aromatic heterocycles. The van der Waals surface area contributed by atoms with E-state index in [-0.39, 0.29) is 35.6 Å². The van der Waals surface area contributed by atoms with Crippen LogP contribution >= 0.6 is 0 Å². The number of nitrogens with zero attached hydrogens (tertiary/aromatic N) is 2. The fourth-order valence-corrected chi connectivity index (χ4v) is 4.86. The van der Waals surface area contributed by atoms with Gasteiger partial charge in [-0.2, -0.15) is 4.31 Å². The summed E-state index contributed by atoms with van der Waals surface area (Å²) in [6, 6.07) is 8.35. The highest BCUT2D eigenvalue weighted by molar-refractivity contribution is 7.89. The van der Waals surface area contributed by atoms with Crippen molar-refractivity contribution in [3.63, 3.8) is 0 Å². The number of hydrogen-bond donors (Lipinski definition) is 0. The second-order valence-electron chi connectivity index (χ2n) is 7.08. The Morgan fingerprint density at radius 2 is 1.66 bits per heavy atom. The van der Waals surface area contributed by atoms with Crippen molar-refractivity contribution in [1.82, 2.24) is 9.21 Å². The number of amides is 1. The maximum absolute atomic E-state index is 13.4. The van der Waals surface area contributed by atoms with E-state index in [1.54, 1.807) is 19.2 Å². The molecule has 3 rings (SSSR count). The van der Waals surface area contributed by atoms with Gasteiger partial charge in [0.25, 0.3) is 0 Å². The molecule has 1 amide bonds. The van der Waals surface area contributed by atoms with Crippen LogP contribution in [-0.4, -0.2) is 43.7 Å². The highest BCUT2D eigenvalue weighted by Crippen LogP contribution is 2.26. The topological polar surface area (TPSA) is 57.7 Å². The van der Waals surface area contributed by atoms with E-state index in [1.807, 2.05) is 0 Å². The maximum atomic E-state index is 13.4. The normalized spacial score (nSPS) is 16.0. The summed E-state index contributed by atoms with van der Waals surface area (Å²) < 4.78 is 65.9. The van der Waals surface area contributed by atoms with Crippen LogP contribution in [0.15, 0.2) is 47.4 Å². The lowest BCUT2D eigenvalue weighted by atomic mass is 9.96. The first-order chi connectivity index (χ1) is 13.7. The van der Waals surface area contributed by atoms with Crippen LogP contribution in [0.5, 0.6) is 0 Å². The van der Waals surface area contributed by atoms with Gasteiger partial charge >= 0.3 is 0 Å². The monoisotopic (exact) mass is 426 g/mol. The molecule has 29 heavy (non-hydrogen) atoms. The van der Waals surface area contributed by atoms with Crippen LogP contribution in [0.2, 0.25) is 0 Å². The molecule has 0 saturated carbocycles. The zero-order valence-electron chi connectivity index (χ0n) is 15.8. The van der Waals surface area contributed by atoms with E-state index in [2.05, 4.69) is 0 Å². The predicted octanol–water partition coefficient (Wildman–Crippen LogP) is 3.16. The van der Waals surface area contributed by atoms with Crippen molar-refractivity contribution in [3.8, 4) is 0 Å². The highest BCUT2D eigenvalue weighted by atomic mass is 32.2. The first-order valence-corrected chi connectivity index (χ1v) is 10.6. The van der Waals surface area contributed by atoms with Crippen molar-refractivity contribution in [1.29, 1.82) is 0 Å². The van der Waals surface area contributed by atoms with Gasteiger partial charge in [0.05, 0.1) is 4.90 Å². The van der Waals surface area contributed by atoms with Crippen LogP contribution < -0.4 is 0 Å². The Kier molecular flexibility index (Phi) is 6.28. The molecule has 0 radical (unpaired) electrons. The average Bonchev–Trinajstić information content (AvgIpc) is 2.71. The molecule has 0 N–H and O–H groups in total. The first-order valence-electron chi connectivity index (χ1n) is 9.13. The second kappa shape index (κ2) is 8.54. The second-order valence-corrected chi connectivity index (χ2v) is 9.01. The number of halogens is 3. The fourth-order valence-electron chi connectivity index (χ4n) is 3.38. The molecule has 5 nitrogen and oxygen atoms in total. The third-order valence-corrected chi connectivity index (χ3v) is 6.94. The maximum Gasteiger partial charge on any atom is 0.243 e. The summed E-state index contributed by atoms with van der Waals surface area (Å²) in [4.78, 5) is 13.9. The molecule has 1 aliphatic heterocycles. The first kappa shape index (κ1) is 21.3. The lowest BCUT2D eigenvalue weighted by molar-refractivity contribution is -0.135. The minimum atomic E-state index is -3.96. The molecular weight excluding hydrogens is 405 g/mol. The molecule has 156 valence electrons. The van der Waals surface area contributed by atoms with Crippen LogP contribution in [-0.2, 0) is 21.4 Å². The van der Waals surface area contributed by atoms with Gasteiger partial charge in [0, 0.05) is 32.6 Å². The number of rotatable bonds is 5. The molecule has 9 heteroatoms. The third-order valence-electron chi connectivity index (χ3n) is 5.04. The minimum absolute atomic E-state index is 0.112. The van der Waals surface area contributed by atoms with Gasteiger partial charge < -0.3 is 4.90 Å². The molecule has 0 unspecified atom stereocenters. The van der Waals surface area contributed by atoms with Crippen LogP contribution in [0.4, 0.5) is 13.2 Å². The summed E-state index contributed by atoms with van der Waals surface area (Å²) in [5, 5.41) is 0. The minimum Gasteiger partial charge on any atom is -0.341 e. The van der Waals surface area contributed by atoms with Crippen molar-refractivity contribution < 1.29 is 26.4 Å². The molecule has 1 fully saturated rings. The molecule has 1 saturated heterocycles. The Bertz CT molecular complexity index is 989. The third kappa shape index (κ3) is 4.79. The Morgan fingerprint density at radius 3 is 2.24 bits per heavy atom. The molecule has 0 aliphatic carbocycles. The van der Waals surface area contributed by atoms with Crippen LogP contribution in [0.1, 0.15) is 18.4 Å². The molecule has 0 spiro atoms. The average molecular weight is 426 g/mol. The Morgan fingerprint density at radius 1 is 1.03 bits per heavy atom. The van der Waals surface area contributed by atoms with E-state index in [1.165, 1.54) is 21.3 Å². The predicted molar refractivity (Wildman–Crippen MR) is 101 cm³/mol. The van der Waals surface area contributed by atoms with E-state index in [0.717, 1.165) is 17.7 Å². The van der Waals surface area contributed by atoms with E-state index < -0.39 is 21.7 Å². The number of benzene rings is 2. The van der Waals surface area contributed by atoms with Crippen molar-refractivity contribution in [2.24, 2.45) is 5.92 Å². The molecular formula is C20H21F3N2O3S. The van der Waals surface area contributed by atoms with Crippen molar-refractivity contribution in [3.05, 3.63) is 65.5 Å². The van der Waals surface area contributed by atoms with Gasteiger partial charge in [-0.3, -0.25) is 4.79 Å². The lowest BCUT2D eigenvalue weighted by Crippen LogP contribution is -2.43. The number of hydrogen-bond acceptors (Lipinski definition) is 3. The molecule has 2 aromatic rings. The standard InChI is InChI=1S/C20H21F3N2O3S/c1-24(13-14-2-4-16(21)5-3-14)20(26)15-8-10-25(11-9-15)29(27,28)17-6-7-18(22)19(23)12-17/h2-7,12,15H,8-11,13H2,1H3. The van der Waals surface area contributed by atoms with Gasteiger partial charge in [0.1, 0.15) is 5.82 Å². The summed E-state index contributed by atoms with van der Waals surface area (Å²) in [6.45, 7) is 0.552. The van der Waals surface area contributed by atoms with Crippen molar-refractivity contribution >= 4 is 15.9 Å². The van der Waals surface area contributed by atoms with Crippen molar-refractivity contribution in [2.75, 3.05) is 20.1 Å². The molecule has 0 bridgehead atoms. The van der Waals surface area contributed by atoms with E-state index in [0.29, 0.717) is 25.5 Å². The smallest absolute Gasteiger partial charge is 0.243 e. The van der Waals surface area contributed by atoms with Gasteiger partial charge in [0.2, 0.25) is 15.9 Å². The van der Waals surface area contributed by atoms with Gasteiger partial charge in [-0.25, -0.2) is 21.6 Å². The fraction of sp³-hybridized carbons (Fsp3) is 0.350. The van der Waals surface area contributed by atoms with Crippen molar-refractivity contribution in [2.45, 2.75) is 24.3 Å². The number of carbonyl (C=O) groups is 1. The summed E-state index contributed by atoms with van der Waals surface area (Å²) in [5.41, 5.74) is 0.792. The Hall–Kier alpha value is -2.39. The molecule has 1 heterocycles. The zero-order valence-corrected chi connectivity index (χ0v) is 16.6. The quantitative estimate of drug-likeness (QED) is 0.738. The number of piperidine rings is 1. The van der Waals surface area contributed by atoms with E-state index in [9.17, 15) is 26.4 Å². The van der Waals surface area contributed by atoms with Gasteiger partial charge in [-0.05, 0) is 48.7 Å². The van der Waals surface area contributed by atoms with Crippen LogP contribution in [0.3, 0.4) is 0 Å². The van der Waals surface area contributed by atoms with Gasteiger partial charge in [-0.15, -0.1) is 0 Å². The largest absolute Gasteiger partial charge is 0.341 e. The van der Waals surface area contributed by atoms with E-state index in [4.69, 9.17) is 0 Å². The number of sulfonamides is 1. The highest BCUT2D eigenvalue weighted by Gasteiger charge is 2.33. The summed E-state index contributed by atoms with van der Waals surface area (Å²) in [5.74, 6) is -3.13. The molecule has 2 aromatic carbocycles. The van der Waals surface area contributed by atoms with Gasteiger partial charge in [0.15, 0.2) is 11.6 Å². The van der Waals surface area contributed by atoms with E-state index >= 15 is 0 Å². The zero-order chi connectivity index (χ0) is 21.2. The SMILES string of the molecule is CN(Cc1ccc(F)cc1)C(=O)C1CCN(S(=O)(=O)c2ccc(F)c(F)c2)CC1. The lowest BCUT2D eigenvalue weighted by Gasteiger charge is -2.32. The number of carbonyl (C=O) groups excluding carboxylic acids is 1. The Labute approximate surface area is 167 Å².